The Balaban J connectivity index is 3.05. The molecule has 0 amide bonds. The fourth-order valence-electron chi connectivity index (χ4n) is 1.16. The topological polar surface area (TPSA) is 88.6 Å². The van der Waals surface area contributed by atoms with E-state index in [1.807, 2.05) is 0 Å². The molecule has 6 heteroatoms. The van der Waals surface area contributed by atoms with E-state index in [9.17, 15) is 10.2 Å². The second kappa shape index (κ2) is 5.27. The largest absolute Gasteiger partial charge is 0.481 e. The van der Waals surface area contributed by atoms with E-state index in [1.165, 1.54) is 19.4 Å². The average Bonchev–Trinajstić information content (AvgIpc) is 2.27. The van der Waals surface area contributed by atoms with E-state index in [4.69, 9.17) is 22.1 Å². The molecule has 0 fully saturated rings. The van der Waals surface area contributed by atoms with E-state index in [1.54, 1.807) is 0 Å². The van der Waals surface area contributed by atoms with E-state index < -0.39 is 12.2 Å². The Morgan fingerprint density at radius 2 is 2.27 bits per heavy atom. The first-order chi connectivity index (χ1) is 7.10. The molecule has 1 heterocycles. The van der Waals surface area contributed by atoms with E-state index in [-0.39, 0.29) is 12.4 Å². The molecule has 0 aliphatic rings. The molecule has 0 aliphatic heterocycles. The van der Waals surface area contributed by atoms with Crippen molar-refractivity contribution in [1.29, 1.82) is 0 Å². The monoisotopic (exact) mass is 232 g/mol. The third kappa shape index (κ3) is 2.79. The van der Waals surface area contributed by atoms with Gasteiger partial charge in [-0.3, -0.25) is 0 Å². The van der Waals surface area contributed by atoms with Gasteiger partial charge in [-0.15, -0.1) is 0 Å². The summed E-state index contributed by atoms with van der Waals surface area (Å²) in [6.45, 7) is -0.0587. The van der Waals surface area contributed by atoms with Crippen LogP contribution >= 0.6 is 11.6 Å². The molecule has 0 saturated heterocycles. The lowest BCUT2D eigenvalue weighted by atomic mass is 10.1. The summed E-state index contributed by atoms with van der Waals surface area (Å²) in [4.78, 5) is 3.87. The maximum atomic E-state index is 9.72. The molecule has 0 aliphatic carbocycles. The summed E-state index contributed by atoms with van der Waals surface area (Å²) >= 11 is 5.72. The first-order valence-corrected chi connectivity index (χ1v) is 4.73. The lowest BCUT2D eigenvalue weighted by molar-refractivity contribution is 0.0226. The summed E-state index contributed by atoms with van der Waals surface area (Å²) in [6.07, 6.45) is -0.832. The van der Waals surface area contributed by atoms with Crippen LogP contribution in [0.15, 0.2) is 12.3 Å². The summed E-state index contributed by atoms with van der Waals surface area (Å²) < 4.78 is 4.93. The van der Waals surface area contributed by atoms with Crippen LogP contribution in [-0.4, -0.2) is 35.0 Å². The second-order valence-electron chi connectivity index (χ2n) is 3.00. The number of rotatable bonds is 4. The molecule has 0 radical (unpaired) electrons. The normalized spacial score (nSPS) is 14.7. The number of halogens is 1. The number of aliphatic hydroxyl groups excluding tert-OH is 2. The number of ether oxygens (including phenoxy) is 1. The van der Waals surface area contributed by atoms with Crippen molar-refractivity contribution in [2.24, 2.45) is 5.73 Å². The third-order valence-corrected chi connectivity index (χ3v) is 2.17. The molecule has 1 aromatic rings. The summed E-state index contributed by atoms with van der Waals surface area (Å²) in [5.41, 5.74) is 5.56. The van der Waals surface area contributed by atoms with Crippen LogP contribution in [0.25, 0.3) is 0 Å². The molecule has 2 unspecified atom stereocenters. The molecule has 0 aromatic carbocycles. The Kier molecular flexibility index (Phi) is 4.28. The van der Waals surface area contributed by atoms with Crippen molar-refractivity contribution in [3.05, 3.63) is 22.8 Å². The van der Waals surface area contributed by atoms with Crippen LogP contribution in [0.2, 0.25) is 5.02 Å². The number of nitrogens with zero attached hydrogens (tertiary/aromatic N) is 1. The van der Waals surface area contributed by atoms with Crippen LogP contribution in [0.3, 0.4) is 0 Å². The van der Waals surface area contributed by atoms with Gasteiger partial charge in [-0.25, -0.2) is 4.98 Å². The lowest BCUT2D eigenvalue weighted by Crippen LogP contribution is -2.27. The highest BCUT2D eigenvalue weighted by molar-refractivity contribution is 6.30. The zero-order valence-corrected chi connectivity index (χ0v) is 8.98. The molecule has 84 valence electrons. The molecule has 1 rings (SSSR count). The third-order valence-electron chi connectivity index (χ3n) is 1.96. The molecule has 0 spiro atoms. The summed E-state index contributed by atoms with van der Waals surface area (Å²) in [5, 5.41) is 19.5. The van der Waals surface area contributed by atoms with Crippen molar-refractivity contribution >= 4 is 11.6 Å². The molecular weight excluding hydrogens is 220 g/mol. The Bertz CT molecular complexity index is 335. The van der Waals surface area contributed by atoms with Crippen LogP contribution in [0, 0.1) is 0 Å². The molecule has 4 N–H and O–H groups in total. The first kappa shape index (κ1) is 12.2. The van der Waals surface area contributed by atoms with Gasteiger partial charge in [-0.05, 0) is 6.07 Å². The predicted molar refractivity (Wildman–Crippen MR) is 55.8 cm³/mol. The first-order valence-electron chi connectivity index (χ1n) is 4.35. The van der Waals surface area contributed by atoms with Gasteiger partial charge in [0.25, 0.3) is 0 Å². The number of nitrogens with two attached hydrogens (primary N) is 1. The van der Waals surface area contributed by atoms with Crippen LogP contribution in [-0.2, 0) is 0 Å². The van der Waals surface area contributed by atoms with Gasteiger partial charge in [-0.2, -0.15) is 0 Å². The van der Waals surface area contributed by atoms with Gasteiger partial charge < -0.3 is 20.7 Å². The molecule has 15 heavy (non-hydrogen) atoms. The molecular formula is C9H13ClN2O3. The molecule has 1 aromatic heterocycles. The highest BCUT2D eigenvalue weighted by Crippen LogP contribution is 2.27. The average molecular weight is 233 g/mol. The van der Waals surface area contributed by atoms with Crippen molar-refractivity contribution < 1.29 is 14.9 Å². The SMILES string of the molecule is COc1ncc(Cl)cc1C(O)C(O)CN. The number of hydrogen-bond acceptors (Lipinski definition) is 5. The van der Waals surface area contributed by atoms with Crippen LogP contribution in [0.5, 0.6) is 5.88 Å². The summed E-state index contributed by atoms with van der Waals surface area (Å²) in [7, 11) is 1.42. The van der Waals surface area contributed by atoms with Crippen LogP contribution < -0.4 is 10.5 Å². The fourth-order valence-corrected chi connectivity index (χ4v) is 1.33. The highest BCUT2D eigenvalue weighted by Gasteiger charge is 2.21. The molecule has 2 atom stereocenters. The number of methoxy groups -OCH3 is 1. The van der Waals surface area contributed by atoms with Crippen molar-refractivity contribution in [2.75, 3.05) is 13.7 Å². The molecule has 0 bridgehead atoms. The molecule has 0 saturated carbocycles. The van der Waals surface area contributed by atoms with Crippen molar-refractivity contribution in [3.63, 3.8) is 0 Å². The Morgan fingerprint density at radius 3 is 2.80 bits per heavy atom. The number of pyridine rings is 1. The van der Waals surface area contributed by atoms with E-state index in [2.05, 4.69) is 4.98 Å². The van der Waals surface area contributed by atoms with Gasteiger partial charge >= 0.3 is 0 Å². The van der Waals surface area contributed by atoms with Crippen molar-refractivity contribution in [1.82, 2.24) is 4.98 Å². The van der Waals surface area contributed by atoms with E-state index in [0.29, 0.717) is 10.6 Å². The Morgan fingerprint density at radius 1 is 1.60 bits per heavy atom. The smallest absolute Gasteiger partial charge is 0.219 e. The van der Waals surface area contributed by atoms with E-state index >= 15 is 0 Å². The van der Waals surface area contributed by atoms with Gasteiger partial charge in [0.15, 0.2) is 0 Å². The Labute approximate surface area is 92.5 Å². The summed E-state index contributed by atoms with van der Waals surface area (Å²) in [6, 6.07) is 1.48. The minimum absolute atomic E-state index is 0.0587. The zero-order chi connectivity index (χ0) is 11.4. The second-order valence-corrected chi connectivity index (χ2v) is 3.44. The number of aromatic nitrogens is 1. The Hall–Kier alpha value is -0.880. The molecule has 5 nitrogen and oxygen atoms in total. The maximum Gasteiger partial charge on any atom is 0.219 e. The number of aliphatic hydroxyl groups is 2. The van der Waals surface area contributed by atoms with Crippen molar-refractivity contribution in [2.45, 2.75) is 12.2 Å². The van der Waals surface area contributed by atoms with Gasteiger partial charge in [0.1, 0.15) is 6.10 Å². The van der Waals surface area contributed by atoms with Gasteiger partial charge in [0, 0.05) is 18.3 Å². The van der Waals surface area contributed by atoms with Gasteiger partial charge in [0.05, 0.1) is 18.2 Å². The maximum absolute atomic E-state index is 9.72. The standard InChI is InChI=1S/C9H13ClN2O3/c1-15-9-6(2-5(10)4-12-9)8(14)7(13)3-11/h2,4,7-8,13-14H,3,11H2,1H3. The quantitative estimate of drug-likeness (QED) is 0.685. The van der Waals surface area contributed by atoms with Crippen molar-refractivity contribution in [3.8, 4) is 5.88 Å². The summed E-state index contributed by atoms with van der Waals surface area (Å²) in [5.74, 6) is 0.222. The fraction of sp³-hybridized carbons (Fsp3) is 0.444. The highest BCUT2D eigenvalue weighted by atomic mass is 35.5. The van der Waals surface area contributed by atoms with Crippen LogP contribution in [0.1, 0.15) is 11.7 Å². The predicted octanol–water partition coefficient (Wildman–Crippen LogP) is 0.0966. The minimum Gasteiger partial charge on any atom is -0.481 e. The van der Waals surface area contributed by atoms with Gasteiger partial charge in [-0.1, -0.05) is 11.6 Å². The van der Waals surface area contributed by atoms with E-state index in [0.717, 1.165) is 0 Å². The van der Waals surface area contributed by atoms with Gasteiger partial charge in [0.2, 0.25) is 5.88 Å². The zero-order valence-electron chi connectivity index (χ0n) is 8.22. The van der Waals surface area contributed by atoms with Crippen LogP contribution in [0.4, 0.5) is 0 Å². The lowest BCUT2D eigenvalue weighted by Gasteiger charge is -2.18. The minimum atomic E-state index is -1.16. The number of hydrogen-bond donors (Lipinski definition) is 3.